The van der Waals surface area contributed by atoms with E-state index in [1.165, 1.54) is 0 Å². The molecule has 2 aromatic rings. The minimum atomic E-state index is -5.74. The SMILES string of the molecule is Cc1ccc(C(O)(C(F)(F)F)C(F)(F)C(=O)CCc2ccccc2)cc1. The van der Waals surface area contributed by atoms with Gasteiger partial charge in [-0.1, -0.05) is 60.2 Å². The van der Waals surface area contributed by atoms with Crippen LogP contribution in [0.25, 0.3) is 0 Å². The van der Waals surface area contributed by atoms with E-state index in [1.807, 2.05) is 0 Å². The molecular weight excluding hydrogens is 355 g/mol. The van der Waals surface area contributed by atoms with Crippen molar-refractivity contribution in [2.45, 2.75) is 37.5 Å². The largest absolute Gasteiger partial charge is 0.428 e. The lowest BCUT2D eigenvalue weighted by Crippen LogP contribution is -2.59. The molecule has 0 saturated heterocycles. The van der Waals surface area contributed by atoms with Gasteiger partial charge in [-0.2, -0.15) is 22.0 Å². The number of halogens is 5. The fraction of sp³-hybridized carbons (Fsp3) is 0.316. The molecule has 0 radical (unpaired) electrons. The maximum absolute atomic E-state index is 14.5. The molecule has 0 amide bonds. The summed E-state index contributed by atoms with van der Waals surface area (Å²) in [7, 11) is 0. The van der Waals surface area contributed by atoms with Gasteiger partial charge in [0.1, 0.15) is 0 Å². The van der Waals surface area contributed by atoms with Crippen LogP contribution in [0.15, 0.2) is 54.6 Å². The van der Waals surface area contributed by atoms with Crippen molar-refractivity contribution in [3.63, 3.8) is 0 Å². The van der Waals surface area contributed by atoms with E-state index in [4.69, 9.17) is 0 Å². The first-order chi connectivity index (χ1) is 12.0. The van der Waals surface area contributed by atoms with Crippen molar-refractivity contribution in [1.82, 2.24) is 0 Å². The highest BCUT2D eigenvalue weighted by Crippen LogP contribution is 2.50. The van der Waals surface area contributed by atoms with E-state index in [9.17, 15) is 31.9 Å². The molecule has 1 N–H and O–H groups in total. The highest BCUT2D eigenvalue weighted by atomic mass is 19.4. The van der Waals surface area contributed by atoms with Gasteiger partial charge in [0.25, 0.3) is 5.60 Å². The smallest absolute Gasteiger partial charge is 0.371 e. The Hall–Kier alpha value is -2.28. The number of hydrogen-bond acceptors (Lipinski definition) is 2. The van der Waals surface area contributed by atoms with Crippen molar-refractivity contribution < 1.29 is 31.9 Å². The number of ketones is 1. The van der Waals surface area contributed by atoms with Crippen molar-refractivity contribution in [2.75, 3.05) is 0 Å². The third-order valence-electron chi connectivity index (χ3n) is 4.17. The minimum absolute atomic E-state index is 0.156. The first-order valence-electron chi connectivity index (χ1n) is 7.81. The van der Waals surface area contributed by atoms with Crippen LogP contribution in [0.1, 0.15) is 23.1 Å². The molecule has 140 valence electrons. The number of aryl methyl sites for hydroxylation is 2. The van der Waals surface area contributed by atoms with Gasteiger partial charge in [0.15, 0.2) is 0 Å². The first kappa shape index (κ1) is 20.0. The third kappa shape index (κ3) is 3.62. The van der Waals surface area contributed by atoms with E-state index in [0.29, 0.717) is 11.1 Å². The van der Waals surface area contributed by atoms with Crippen LogP contribution in [0.3, 0.4) is 0 Å². The summed E-state index contributed by atoms with van der Waals surface area (Å²) in [6, 6.07) is 11.9. The molecule has 0 aliphatic carbocycles. The summed E-state index contributed by atoms with van der Waals surface area (Å²) >= 11 is 0. The quantitative estimate of drug-likeness (QED) is 0.754. The molecular formula is C19H17F5O2. The first-order valence-corrected chi connectivity index (χ1v) is 7.81. The number of benzene rings is 2. The average Bonchev–Trinajstić information content (AvgIpc) is 2.59. The molecule has 1 atom stereocenters. The number of carbonyl (C=O) groups is 1. The second-order valence-corrected chi connectivity index (χ2v) is 6.06. The van der Waals surface area contributed by atoms with Gasteiger partial charge in [0.2, 0.25) is 5.78 Å². The summed E-state index contributed by atoms with van der Waals surface area (Å²) in [6.45, 7) is 1.56. The summed E-state index contributed by atoms with van der Waals surface area (Å²) in [6.07, 6.45) is -6.73. The zero-order valence-electron chi connectivity index (χ0n) is 13.9. The van der Waals surface area contributed by atoms with Crippen LogP contribution in [-0.4, -0.2) is 23.0 Å². The van der Waals surface area contributed by atoms with Crippen molar-refractivity contribution >= 4 is 5.78 Å². The predicted molar refractivity (Wildman–Crippen MR) is 85.8 cm³/mol. The van der Waals surface area contributed by atoms with E-state index in [2.05, 4.69) is 0 Å². The molecule has 1 unspecified atom stereocenters. The number of carbonyl (C=O) groups excluding carboxylic acids is 1. The van der Waals surface area contributed by atoms with Gasteiger partial charge in [-0.15, -0.1) is 0 Å². The van der Waals surface area contributed by atoms with E-state index >= 15 is 0 Å². The zero-order chi connectivity index (χ0) is 19.6. The highest BCUT2D eigenvalue weighted by Gasteiger charge is 2.72. The molecule has 0 aliphatic heterocycles. The summed E-state index contributed by atoms with van der Waals surface area (Å²) < 4.78 is 69.3. The lowest BCUT2D eigenvalue weighted by molar-refractivity contribution is -0.329. The molecule has 7 heteroatoms. The number of rotatable bonds is 6. The lowest BCUT2D eigenvalue weighted by atomic mass is 9.82. The van der Waals surface area contributed by atoms with Crippen LogP contribution in [0.5, 0.6) is 0 Å². The predicted octanol–water partition coefficient (Wildman–Crippen LogP) is 4.58. The number of aliphatic hydroxyl groups is 1. The molecule has 2 nitrogen and oxygen atoms in total. The van der Waals surface area contributed by atoms with E-state index in [1.54, 1.807) is 37.3 Å². The maximum atomic E-state index is 14.5. The molecule has 0 heterocycles. The maximum Gasteiger partial charge on any atom is 0.428 e. The standard InChI is InChI=1S/C19H17F5O2/c1-13-7-10-15(11-8-13)17(26,19(22,23)24)18(20,21)16(25)12-9-14-5-3-2-4-6-14/h2-8,10-11,26H,9,12H2,1H3. The van der Waals surface area contributed by atoms with E-state index in [-0.39, 0.29) is 6.42 Å². The van der Waals surface area contributed by atoms with Crippen molar-refractivity contribution in [3.8, 4) is 0 Å². The fourth-order valence-corrected chi connectivity index (χ4v) is 2.58. The number of alkyl halides is 5. The highest BCUT2D eigenvalue weighted by molar-refractivity contribution is 5.87. The van der Waals surface area contributed by atoms with Gasteiger partial charge < -0.3 is 5.11 Å². The van der Waals surface area contributed by atoms with Crippen molar-refractivity contribution in [3.05, 3.63) is 71.3 Å². The topological polar surface area (TPSA) is 37.3 Å². The van der Waals surface area contributed by atoms with Gasteiger partial charge in [-0.25, -0.2) is 0 Å². The minimum Gasteiger partial charge on any atom is -0.371 e. The molecule has 2 aromatic carbocycles. The van der Waals surface area contributed by atoms with Crippen molar-refractivity contribution in [1.29, 1.82) is 0 Å². The molecule has 0 aliphatic rings. The Morgan fingerprint density at radius 3 is 1.96 bits per heavy atom. The molecule has 0 bridgehead atoms. The summed E-state index contributed by atoms with van der Waals surface area (Å²) in [5.41, 5.74) is -4.62. The second kappa shape index (κ2) is 7.15. The Kier molecular flexibility index (Phi) is 5.51. The van der Waals surface area contributed by atoms with Gasteiger partial charge in [-0.3, -0.25) is 4.79 Å². The lowest BCUT2D eigenvalue weighted by Gasteiger charge is -2.36. The average molecular weight is 372 g/mol. The van der Waals surface area contributed by atoms with Crippen LogP contribution in [0, 0.1) is 6.92 Å². The molecule has 2 rings (SSSR count). The van der Waals surface area contributed by atoms with Gasteiger partial charge in [0, 0.05) is 6.42 Å². The Bertz CT molecular complexity index is 754. The van der Waals surface area contributed by atoms with Gasteiger partial charge in [-0.05, 0) is 24.5 Å². The molecule has 0 spiro atoms. The Morgan fingerprint density at radius 1 is 0.923 bits per heavy atom. The van der Waals surface area contributed by atoms with Crippen LogP contribution < -0.4 is 0 Å². The molecule has 26 heavy (non-hydrogen) atoms. The van der Waals surface area contributed by atoms with Crippen LogP contribution in [-0.2, 0) is 16.8 Å². The van der Waals surface area contributed by atoms with E-state index < -0.39 is 35.5 Å². The Labute approximate surface area is 147 Å². The summed E-state index contributed by atoms with van der Waals surface area (Å²) in [5.74, 6) is -7.00. The van der Waals surface area contributed by atoms with Crippen molar-refractivity contribution in [2.24, 2.45) is 0 Å². The Balaban J connectivity index is 2.36. The van der Waals surface area contributed by atoms with E-state index in [0.717, 1.165) is 24.3 Å². The second-order valence-electron chi connectivity index (χ2n) is 6.06. The van der Waals surface area contributed by atoms with Crippen LogP contribution in [0.2, 0.25) is 0 Å². The van der Waals surface area contributed by atoms with Crippen LogP contribution in [0.4, 0.5) is 22.0 Å². The fourth-order valence-electron chi connectivity index (χ4n) is 2.58. The number of Topliss-reactive ketones (excluding diaryl/α,β-unsaturated/α-hetero) is 1. The molecule has 0 saturated carbocycles. The Morgan fingerprint density at radius 2 is 1.46 bits per heavy atom. The number of hydrogen-bond donors (Lipinski definition) is 1. The normalized spacial score (nSPS) is 14.7. The van der Waals surface area contributed by atoms with Gasteiger partial charge >= 0.3 is 12.1 Å². The third-order valence-corrected chi connectivity index (χ3v) is 4.17. The van der Waals surface area contributed by atoms with Crippen LogP contribution >= 0.6 is 0 Å². The van der Waals surface area contributed by atoms with Gasteiger partial charge in [0.05, 0.1) is 0 Å². The monoisotopic (exact) mass is 372 g/mol. The molecule has 0 aromatic heterocycles. The molecule has 0 fully saturated rings. The zero-order valence-corrected chi connectivity index (χ0v) is 13.9. The summed E-state index contributed by atoms with van der Waals surface area (Å²) in [4.78, 5) is 12.0. The summed E-state index contributed by atoms with van der Waals surface area (Å²) in [5, 5.41) is 10.0.